The monoisotopic (exact) mass is 216 g/mol. The van der Waals surface area contributed by atoms with E-state index in [1.807, 2.05) is 30.3 Å². The number of hydrogen-bond acceptors (Lipinski definition) is 2. The molecule has 3 nitrogen and oxygen atoms in total. The van der Waals surface area contributed by atoms with Gasteiger partial charge in [-0.3, -0.25) is 10.1 Å². The van der Waals surface area contributed by atoms with Crippen LogP contribution in [0.25, 0.3) is 0 Å². The van der Waals surface area contributed by atoms with Crippen LogP contribution in [0.2, 0.25) is 0 Å². The molecule has 0 aliphatic heterocycles. The number of amides is 1. The van der Waals surface area contributed by atoms with Crippen LogP contribution in [0.1, 0.15) is 5.56 Å². The average molecular weight is 216 g/mol. The van der Waals surface area contributed by atoms with Crippen molar-refractivity contribution in [3.05, 3.63) is 35.9 Å². The van der Waals surface area contributed by atoms with Gasteiger partial charge in [-0.05, 0) is 12.1 Å². The van der Waals surface area contributed by atoms with E-state index in [1.165, 1.54) is 0 Å². The lowest BCUT2D eigenvalue weighted by Gasteiger charge is -2.09. The van der Waals surface area contributed by atoms with Crippen molar-refractivity contribution in [2.75, 3.05) is 27.2 Å². The van der Waals surface area contributed by atoms with Crippen LogP contribution in [0.3, 0.4) is 0 Å². The molecule has 1 aromatic carbocycles. The molecular weight excluding hydrogens is 200 g/mol. The Bertz CT molecular complexity index is 387. The molecule has 1 rings (SSSR count). The second kappa shape index (κ2) is 6.65. The van der Waals surface area contributed by atoms with E-state index in [-0.39, 0.29) is 5.91 Å². The third kappa shape index (κ3) is 4.63. The fourth-order valence-corrected chi connectivity index (χ4v) is 1.06. The average Bonchev–Trinajstić information content (AvgIpc) is 2.29. The topological polar surface area (TPSA) is 32.3 Å². The Labute approximate surface area is 96.5 Å². The number of hydrogen-bond donors (Lipinski definition) is 1. The molecule has 0 heterocycles. The lowest BCUT2D eigenvalue weighted by molar-refractivity contribution is -0.127. The van der Waals surface area contributed by atoms with Gasteiger partial charge in [0.25, 0.3) is 0 Å². The molecular formula is C13H16N2O. The number of likely N-dealkylation sites (N-methyl/N-ethyl adjacent to an activating group) is 1. The van der Waals surface area contributed by atoms with Gasteiger partial charge in [-0.1, -0.05) is 30.0 Å². The Morgan fingerprint density at radius 2 is 2.00 bits per heavy atom. The van der Waals surface area contributed by atoms with Crippen molar-refractivity contribution in [3.8, 4) is 11.8 Å². The second-order valence-electron chi connectivity index (χ2n) is 3.56. The number of nitrogens with zero attached hydrogens (tertiary/aromatic N) is 1. The van der Waals surface area contributed by atoms with Crippen LogP contribution in [-0.2, 0) is 4.79 Å². The summed E-state index contributed by atoms with van der Waals surface area (Å²) in [5.41, 5.74) is 0.989. The molecule has 0 radical (unpaired) electrons. The first-order chi connectivity index (χ1) is 7.70. The standard InChI is InChI=1S/C13H16N2O/c1-15(2)13(16)11-14-10-6-9-12-7-4-3-5-8-12/h3-5,7-8,14H,10-11H2,1-2H3. The van der Waals surface area contributed by atoms with Crippen molar-refractivity contribution in [2.45, 2.75) is 0 Å². The number of benzene rings is 1. The largest absolute Gasteiger partial charge is 0.348 e. The summed E-state index contributed by atoms with van der Waals surface area (Å²) in [6, 6.07) is 9.77. The Kier molecular flexibility index (Phi) is 5.10. The van der Waals surface area contributed by atoms with Crippen molar-refractivity contribution >= 4 is 5.91 Å². The van der Waals surface area contributed by atoms with Crippen LogP contribution in [0.15, 0.2) is 30.3 Å². The molecule has 0 atom stereocenters. The molecule has 0 spiro atoms. The van der Waals surface area contributed by atoms with E-state index in [0.29, 0.717) is 13.1 Å². The molecule has 16 heavy (non-hydrogen) atoms. The number of carbonyl (C=O) groups is 1. The van der Waals surface area contributed by atoms with E-state index in [9.17, 15) is 4.79 Å². The van der Waals surface area contributed by atoms with Gasteiger partial charge in [0.1, 0.15) is 0 Å². The maximum Gasteiger partial charge on any atom is 0.236 e. The van der Waals surface area contributed by atoms with Crippen molar-refractivity contribution in [3.63, 3.8) is 0 Å². The smallest absolute Gasteiger partial charge is 0.236 e. The highest BCUT2D eigenvalue weighted by Crippen LogP contribution is 1.93. The molecule has 0 unspecified atom stereocenters. The molecule has 0 saturated heterocycles. The highest BCUT2D eigenvalue weighted by atomic mass is 16.2. The molecule has 1 aromatic rings. The molecule has 0 saturated carbocycles. The first-order valence-corrected chi connectivity index (χ1v) is 5.15. The lowest BCUT2D eigenvalue weighted by Crippen LogP contribution is -2.33. The minimum Gasteiger partial charge on any atom is -0.348 e. The van der Waals surface area contributed by atoms with Crippen molar-refractivity contribution < 1.29 is 4.79 Å². The number of rotatable bonds is 3. The van der Waals surface area contributed by atoms with Crippen LogP contribution in [0, 0.1) is 11.8 Å². The Morgan fingerprint density at radius 3 is 2.62 bits per heavy atom. The lowest BCUT2D eigenvalue weighted by atomic mass is 10.2. The summed E-state index contributed by atoms with van der Waals surface area (Å²) in [5.74, 6) is 6.03. The van der Waals surface area contributed by atoms with Crippen molar-refractivity contribution in [1.29, 1.82) is 0 Å². The zero-order valence-corrected chi connectivity index (χ0v) is 9.66. The molecule has 0 bridgehead atoms. The van der Waals surface area contributed by atoms with Crippen LogP contribution >= 0.6 is 0 Å². The van der Waals surface area contributed by atoms with Gasteiger partial charge in [-0.15, -0.1) is 0 Å². The van der Waals surface area contributed by atoms with E-state index in [4.69, 9.17) is 0 Å². The van der Waals surface area contributed by atoms with Gasteiger partial charge in [-0.2, -0.15) is 0 Å². The summed E-state index contributed by atoms with van der Waals surface area (Å²) in [6.45, 7) is 0.852. The molecule has 0 aliphatic rings. The Morgan fingerprint density at radius 1 is 1.31 bits per heavy atom. The highest BCUT2D eigenvalue weighted by molar-refractivity contribution is 5.77. The zero-order valence-electron chi connectivity index (χ0n) is 9.66. The van der Waals surface area contributed by atoms with E-state index in [0.717, 1.165) is 5.56 Å². The molecule has 1 N–H and O–H groups in total. The van der Waals surface area contributed by atoms with E-state index in [1.54, 1.807) is 19.0 Å². The molecule has 3 heteroatoms. The summed E-state index contributed by atoms with van der Waals surface area (Å²) in [6.07, 6.45) is 0. The fourth-order valence-electron chi connectivity index (χ4n) is 1.06. The Hall–Kier alpha value is -1.79. The van der Waals surface area contributed by atoms with Crippen LogP contribution in [0.5, 0.6) is 0 Å². The second-order valence-corrected chi connectivity index (χ2v) is 3.56. The quantitative estimate of drug-likeness (QED) is 0.596. The van der Waals surface area contributed by atoms with Gasteiger partial charge >= 0.3 is 0 Å². The summed E-state index contributed by atoms with van der Waals surface area (Å²) in [4.78, 5) is 12.7. The Balaban J connectivity index is 2.26. The fraction of sp³-hybridized carbons (Fsp3) is 0.308. The summed E-state index contributed by atoms with van der Waals surface area (Å²) >= 11 is 0. The summed E-state index contributed by atoms with van der Waals surface area (Å²) in [7, 11) is 3.47. The maximum absolute atomic E-state index is 11.2. The predicted molar refractivity (Wildman–Crippen MR) is 64.9 cm³/mol. The van der Waals surface area contributed by atoms with Gasteiger partial charge in [0.05, 0.1) is 13.1 Å². The van der Waals surface area contributed by atoms with Gasteiger partial charge < -0.3 is 4.90 Å². The van der Waals surface area contributed by atoms with Crippen LogP contribution < -0.4 is 5.32 Å². The third-order valence-corrected chi connectivity index (χ3v) is 1.99. The van der Waals surface area contributed by atoms with E-state index in [2.05, 4.69) is 17.2 Å². The van der Waals surface area contributed by atoms with Gasteiger partial charge in [-0.25, -0.2) is 0 Å². The highest BCUT2D eigenvalue weighted by Gasteiger charge is 2.00. The molecule has 1 amide bonds. The normalized spacial score (nSPS) is 9.12. The first-order valence-electron chi connectivity index (χ1n) is 5.15. The number of nitrogens with one attached hydrogen (secondary N) is 1. The van der Waals surface area contributed by atoms with E-state index >= 15 is 0 Å². The minimum atomic E-state index is 0.0570. The van der Waals surface area contributed by atoms with Crippen molar-refractivity contribution in [1.82, 2.24) is 10.2 Å². The molecule has 84 valence electrons. The first kappa shape index (κ1) is 12.3. The minimum absolute atomic E-state index is 0.0570. The summed E-state index contributed by atoms with van der Waals surface area (Å²) in [5, 5.41) is 2.97. The van der Waals surface area contributed by atoms with Gasteiger partial charge in [0.2, 0.25) is 5.91 Å². The summed E-state index contributed by atoms with van der Waals surface area (Å²) < 4.78 is 0. The van der Waals surface area contributed by atoms with Crippen LogP contribution in [0.4, 0.5) is 0 Å². The maximum atomic E-state index is 11.2. The van der Waals surface area contributed by atoms with Crippen LogP contribution in [-0.4, -0.2) is 38.0 Å². The molecule has 0 aliphatic carbocycles. The zero-order chi connectivity index (χ0) is 11.8. The van der Waals surface area contributed by atoms with Crippen molar-refractivity contribution in [2.24, 2.45) is 0 Å². The third-order valence-electron chi connectivity index (χ3n) is 1.99. The van der Waals surface area contributed by atoms with Gasteiger partial charge in [0.15, 0.2) is 0 Å². The SMILES string of the molecule is CN(C)C(=O)CNCC#Cc1ccccc1. The molecule has 0 aromatic heterocycles. The predicted octanol–water partition coefficient (Wildman–Crippen LogP) is 0.716. The molecule has 0 fully saturated rings. The van der Waals surface area contributed by atoms with E-state index < -0.39 is 0 Å². The number of carbonyl (C=O) groups excluding carboxylic acids is 1. The van der Waals surface area contributed by atoms with Gasteiger partial charge in [0, 0.05) is 19.7 Å².